The number of phenolic OH excluding ortho intramolecular Hbond substituents is 2. The van der Waals surface area contributed by atoms with Crippen molar-refractivity contribution in [2.45, 2.75) is 126 Å². The highest BCUT2D eigenvalue weighted by molar-refractivity contribution is 6.01. The number of anilines is 2. The van der Waals surface area contributed by atoms with Gasteiger partial charge in [0.25, 0.3) is 0 Å². The molecule has 0 saturated carbocycles. The topological polar surface area (TPSA) is 96.1 Å². The molecule has 3 N–H and O–H groups in total. The van der Waals surface area contributed by atoms with E-state index in [0.29, 0.717) is 28.2 Å². The first-order chi connectivity index (χ1) is 23.0. The van der Waals surface area contributed by atoms with Gasteiger partial charge in [-0.1, -0.05) is 101 Å². The van der Waals surface area contributed by atoms with E-state index in [4.69, 9.17) is 5.10 Å². The maximum Gasteiger partial charge on any atom is 0.146 e. The molecule has 1 unspecified atom stereocenters. The Labute approximate surface area is 302 Å². The lowest BCUT2D eigenvalue weighted by molar-refractivity contribution is 0.283. The zero-order chi connectivity index (χ0) is 37.8. The van der Waals surface area contributed by atoms with Gasteiger partial charge in [0.1, 0.15) is 22.9 Å². The molecule has 1 aliphatic heterocycles. The Morgan fingerprint density at radius 2 is 1.44 bits per heavy atom. The normalized spacial score (nSPS) is 16.4. The third-order valence-corrected chi connectivity index (χ3v) is 8.81. The van der Waals surface area contributed by atoms with Crippen LogP contribution in [0.3, 0.4) is 0 Å². The van der Waals surface area contributed by atoms with Crippen LogP contribution in [0.1, 0.15) is 125 Å². The van der Waals surface area contributed by atoms with Crippen molar-refractivity contribution >= 4 is 29.0 Å². The summed E-state index contributed by atoms with van der Waals surface area (Å²) in [5, 5.41) is 41.2. The largest absolute Gasteiger partial charge is 0.505 e. The Hall–Kier alpha value is -4.17. The minimum absolute atomic E-state index is 0.0312. The number of phenols is 2. The zero-order valence-electron chi connectivity index (χ0n) is 32.9. The maximum atomic E-state index is 12.0. The van der Waals surface area contributed by atoms with Crippen LogP contribution in [-0.2, 0) is 17.3 Å². The average molecular weight is 683 g/mol. The number of hydrazone groups is 3. The van der Waals surface area contributed by atoms with Gasteiger partial charge in [-0.2, -0.15) is 20.4 Å². The number of hydrogen-bond donors (Lipinski definition) is 3. The average Bonchev–Trinajstić information content (AvgIpc) is 3.34. The van der Waals surface area contributed by atoms with Crippen molar-refractivity contribution in [2.75, 3.05) is 10.2 Å². The molecule has 1 aliphatic rings. The van der Waals surface area contributed by atoms with Crippen LogP contribution in [0.5, 0.6) is 11.5 Å². The molecule has 1 heterocycles. The third kappa shape index (κ3) is 10.2. The van der Waals surface area contributed by atoms with Crippen LogP contribution in [0, 0.1) is 10.8 Å². The first-order valence-electron chi connectivity index (χ1n) is 17.6. The number of rotatable bonds is 13. The molecule has 0 bridgehead atoms. The Bertz CT molecular complexity index is 1680. The predicted octanol–water partition coefficient (Wildman–Crippen LogP) is 10.3. The van der Waals surface area contributed by atoms with Gasteiger partial charge in [0.15, 0.2) is 0 Å². The Morgan fingerprint density at radius 1 is 0.900 bits per heavy atom. The highest BCUT2D eigenvalue weighted by Gasteiger charge is 2.33. The molecule has 0 aromatic heterocycles. The van der Waals surface area contributed by atoms with Crippen molar-refractivity contribution in [1.82, 2.24) is 5.43 Å². The molecule has 0 aliphatic carbocycles. The molecule has 50 heavy (non-hydrogen) atoms. The van der Waals surface area contributed by atoms with E-state index in [9.17, 15) is 10.2 Å². The molecule has 0 amide bonds. The van der Waals surface area contributed by atoms with Crippen molar-refractivity contribution in [3.8, 4) is 11.5 Å². The second-order valence-electron chi connectivity index (χ2n) is 17.3. The lowest BCUT2D eigenvalue weighted by Crippen LogP contribution is -2.36. The van der Waals surface area contributed by atoms with Gasteiger partial charge in [-0.15, -0.1) is 5.12 Å². The first kappa shape index (κ1) is 40.3. The number of hydrazine groups is 1. The van der Waals surface area contributed by atoms with E-state index in [1.807, 2.05) is 45.1 Å². The van der Waals surface area contributed by atoms with Gasteiger partial charge in [-0.05, 0) is 96.8 Å². The number of benzene rings is 2. The summed E-state index contributed by atoms with van der Waals surface area (Å²) in [4.78, 5) is 0. The molecule has 3 rings (SSSR count). The standard InChI is InChI=1S/C42H62N6O2/c1-16-19-34-29(5)45-48(46-34)36-25-33(42(14,15)27-40(9,10)11)23-31(38(36)50)21-30-22-32(41(12,13)26-39(6,7)8)24-35(37(30)49)47(43-20-17-2)44-28(4)18-3/h16-20,22-25,29,45,49-50H,2-3,21,26-27H2,1,4-15H3/b19-16-,43-20+,44-28+. The molecular formula is C42H62N6O2. The molecule has 1 atom stereocenters. The summed E-state index contributed by atoms with van der Waals surface area (Å²) in [6.45, 7) is 35.9. The van der Waals surface area contributed by atoms with E-state index in [-0.39, 0.29) is 45.6 Å². The van der Waals surface area contributed by atoms with Crippen molar-refractivity contribution in [2.24, 2.45) is 26.1 Å². The summed E-state index contributed by atoms with van der Waals surface area (Å²) in [7, 11) is 0. The number of nitrogens with zero attached hydrogens (tertiary/aromatic N) is 5. The fourth-order valence-corrected chi connectivity index (χ4v) is 7.18. The minimum Gasteiger partial charge on any atom is -0.505 e. The van der Waals surface area contributed by atoms with Crippen molar-refractivity contribution in [1.29, 1.82) is 0 Å². The van der Waals surface area contributed by atoms with Crippen molar-refractivity contribution in [3.63, 3.8) is 0 Å². The molecule has 0 saturated heterocycles. The highest BCUT2D eigenvalue weighted by atomic mass is 16.3. The summed E-state index contributed by atoms with van der Waals surface area (Å²) < 4.78 is 0. The summed E-state index contributed by atoms with van der Waals surface area (Å²) >= 11 is 0. The fourth-order valence-electron chi connectivity index (χ4n) is 7.18. The van der Waals surface area contributed by atoms with Gasteiger partial charge in [0, 0.05) is 23.8 Å². The quantitative estimate of drug-likeness (QED) is 0.144. The molecular weight excluding hydrogens is 621 g/mol. The number of aromatic hydroxyl groups is 2. The van der Waals surface area contributed by atoms with E-state index < -0.39 is 0 Å². The molecule has 8 nitrogen and oxygen atoms in total. The van der Waals surface area contributed by atoms with E-state index in [1.165, 1.54) is 11.3 Å². The lowest BCUT2D eigenvalue weighted by Gasteiger charge is -2.34. The molecule has 0 radical (unpaired) electrons. The summed E-state index contributed by atoms with van der Waals surface area (Å²) in [5.74, 6) is 0.136. The van der Waals surface area contributed by atoms with Gasteiger partial charge >= 0.3 is 0 Å². The monoisotopic (exact) mass is 682 g/mol. The lowest BCUT2D eigenvalue weighted by atomic mass is 9.71. The molecule has 0 spiro atoms. The van der Waals surface area contributed by atoms with E-state index in [2.05, 4.69) is 110 Å². The minimum atomic E-state index is -0.266. The molecule has 8 heteroatoms. The zero-order valence-corrected chi connectivity index (χ0v) is 32.9. The van der Waals surface area contributed by atoms with E-state index >= 15 is 0 Å². The van der Waals surface area contributed by atoms with E-state index in [0.717, 1.165) is 29.7 Å². The molecule has 272 valence electrons. The van der Waals surface area contributed by atoms with Crippen LogP contribution in [0.15, 0.2) is 77.0 Å². The Balaban J connectivity index is 2.37. The van der Waals surface area contributed by atoms with Crippen LogP contribution in [0.4, 0.5) is 11.4 Å². The van der Waals surface area contributed by atoms with Crippen LogP contribution >= 0.6 is 0 Å². The Kier molecular flexibility index (Phi) is 12.4. The van der Waals surface area contributed by atoms with Gasteiger partial charge in [-0.25, -0.2) is 5.43 Å². The number of nitrogens with one attached hydrogen (secondary N) is 1. The van der Waals surface area contributed by atoms with Crippen LogP contribution in [0.2, 0.25) is 0 Å². The second kappa shape index (κ2) is 15.4. The predicted molar refractivity (Wildman–Crippen MR) is 215 cm³/mol. The SMILES string of the molecule is C=C/C=N/N(/N=C(\C)C=C)c1cc(C(C)(C)CC(C)(C)C)cc(Cc2cc(C(C)(C)CC(C)(C)C)cc(N3N=C(/C=C\C)C(C)N3)c2O)c1O. The van der Waals surface area contributed by atoms with Gasteiger partial charge in [0.05, 0.1) is 17.5 Å². The van der Waals surface area contributed by atoms with Gasteiger partial charge in [0.2, 0.25) is 0 Å². The van der Waals surface area contributed by atoms with Crippen LogP contribution in [-0.4, -0.2) is 33.9 Å². The summed E-state index contributed by atoms with van der Waals surface area (Å²) in [6.07, 6.45) is 10.8. The summed E-state index contributed by atoms with van der Waals surface area (Å²) in [6, 6.07) is 8.12. The van der Waals surface area contributed by atoms with Gasteiger partial charge < -0.3 is 10.2 Å². The van der Waals surface area contributed by atoms with E-state index in [1.54, 1.807) is 17.3 Å². The second-order valence-corrected chi connectivity index (χ2v) is 17.3. The smallest absolute Gasteiger partial charge is 0.146 e. The molecule has 0 fully saturated rings. The third-order valence-electron chi connectivity index (χ3n) is 8.81. The number of allylic oxidation sites excluding steroid dienone is 3. The highest BCUT2D eigenvalue weighted by Crippen LogP contribution is 2.46. The van der Waals surface area contributed by atoms with Gasteiger partial charge in [-0.3, -0.25) is 0 Å². The summed E-state index contributed by atoms with van der Waals surface area (Å²) in [5.41, 5.74) is 8.97. The van der Waals surface area contributed by atoms with Crippen molar-refractivity contribution in [3.05, 3.63) is 84.0 Å². The molecule has 2 aromatic rings. The first-order valence-corrected chi connectivity index (χ1v) is 17.6. The fraction of sp³-hybridized carbons (Fsp3) is 0.500. The Morgan fingerprint density at radius 3 is 1.94 bits per heavy atom. The van der Waals surface area contributed by atoms with Crippen LogP contribution in [0.25, 0.3) is 0 Å². The number of hydrogen-bond acceptors (Lipinski definition) is 8. The van der Waals surface area contributed by atoms with Crippen LogP contribution < -0.4 is 15.7 Å². The van der Waals surface area contributed by atoms with Crippen molar-refractivity contribution < 1.29 is 10.2 Å². The molecule has 2 aromatic carbocycles. The maximum absolute atomic E-state index is 12.0.